The van der Waals surface area contributed by atoms with Crippen molar-refractivity contribution in [2.45, 2.75) is 0 Å². The molecule has 2 rings (SSSR count). The highest BCUT2D eigenvalue weighted by Crippen LogP contribution is 2.16. The number of carboxylic acid groups (broad SMARTS) is 1. The fourth-order valence-electron chi connectivity index (χ4n) is 2.36. The molecule has 0 aliphatic carbocycles. The van der Waals surface area contributed by atoms with Crippen LogP contribution in [0.3, 0.4) is 0 Å². The molecule has 7 heteroatoms. The van der Waals surface area contributed by atoms with Gasteiger partial charge >= 0.3 is 0 Å². The van der Waals surface area contributed by atoms with Gasteiger partial charge in [0.15, 0.2) is 6.61 Å². The lowest BCUT2D eigenvalue weighted by atomic mass is 10.3. The molecule has 0 atom stereocenters. The third kappa shape index (κ3) is 4.63. The number of nitrogens with zero attached hydrogens (tertiary/aromatic N) is 1. The number of hydrogen-bond donors (Lipinski definition) is 1. The van der Waals surface area contributed by atoms with E-state index in [1.54, 1.807) is 36.3 Å². The molecule has 7 nitrogen and oxygen atoms in total. The molecular formula is C15H20N2O5. The van der Waals surface area contributed by atoms with Crippen LogP contribution in [0.1, 0.15) is 0 Å². The molecule has 1 aliphatic rings. The summed E-state index contributed by atoms with van der Waals surface area (Å²) in [7, 11) is 1.58. The highest BCUT2D eigenvalue weighted by molar-refractivity contribution is 5.77. The number of methoxy groups -OCH3 is 1. The monoisotopic (exact) mass is 308 g/mol. The first-order valence-corrected chi connectivity index (χ1v) is 7.16. The first kappa shape index (κ1) is 16.1. The minimum atomic E-state index is -1.06. The molecule has 0 spiro atoms. The fraction of sp³-hybridized carbons (Fsp3) is 0.467. The molecule has 1 fully saturated rings. The first-order chi connectivity index (χ1) is 10.6. The predicted molar refractivity (Wildman–Crippen MR) is 75.6 cm³/mol. The van der Waals surface area contributed by atoms with Crippen molar-refractivity contribution in [3.63, 3.8) is 0 Å². The molecular weight excluding hydrogens is 288 g/mol. The van der Waals surface area contributed by atoms with Gasteiger partial charge < -0.3 is 29.2 Å². The average molecular weight is 308 g/mol. The number of piperazine rings is 1. The second-order valence-corrected chi connectivity index (χ2v) is 5.14. The van der Waals surface area contributed by atoms with Crippen LogP contribution >= 0.6 is 0 Å². The van der Waals surface area contributed by atoms with Crippen LogP contribution in [-0.4, -0.2) is 63.2 Å². The molecule has 0 unspecified atom stereocenters. The van der Waals surface area contributed by atoms with Crippen LogP contribution in [-0.2, 0) is 9.59 Å². The summed E-state index contributed by atoms with van der Waals surface area (Å²) in [6.45, 7) is 2.26. The van der Waals surface area contributed by atoms with E-state index in [9.17, 15) is 14.7 Å². The van der Waals surface area contributed by atoms with Crippen molar-refractivity contribution in [1.29, 1.82) is 0 Å². The Bertz CT molecular complexity index is 509. The largest absolute Gasteiger partial charge is 0.544 e. The van der Waals surface area contributed by atoms with E-state index >= 15 is 0 Å². The summed E-state index contributed by atoms with van der Waals surface area (Å²) in [6.07, 6.45) is 0. The number of carboxylic acids is 1. The summed E-state index contributed by atoms with van der Waals surface area (Å²) >= 11 is 0. The van der Waals surface area contributed by atoms with Crippen LogP contribution in [0.5, 0.6) is 11.5 Å². The van der Waals surface area contributed by atoms with Gasteiger partial charge in [-0.3, -0.25) is 4.79 Å². The maximum Gasteiger partial charge on any atom is 0.260 e. The quantitative estimate of drug-likeness (QED) is 0.631. The average Bonchev–Trinajstić information content (AvgIpc) is 2.53. The van der Waals surface area contributed by atoms with Gasteiger partial charge in [-0.15, -0.1) is 0 Å². The van der Waals surface area contributed by atoms with E-state index < -0.39 is 5.97 Å². The Hall–Kier alpha value is -2.28. The molecule has 1 heterocycles. The van der Waals surface area contributed by atoms with Crippen molar-refractivity contribution in [1.82, 2.24) is 4.90 Å². The van der Waals surface area contributed by atoms with Gasteiger partial charge in [0.05, 0.1) is 39.3 Å². The number of quaternary nitrogens is 1. The lowest BCUT2D eigenvalue weighted by Gasteiger charge is -2.32. The minimum absolute atomic E-state index is 0.00954. The molecule has 1 aliphatic heterocycles. The van der Waals surface area contributed by atoms with Gasteiger partial charge in [-0.05, 0) is 24.3 Å². The summed E-state index contributed by atoms with van der Waals surface area (Å²) in [6, 6.07) is 7.02. The van der Waals surface area contributed by atoms with Crippen LogP contribution in [0.15, 0.2) is 24.3 Å². The maximum atomic E-state index is 12.1. The number of carbonyl (C=O) groups is 2. The maximum absolute atomic E-state index is 12.1. The number of benzene rings is 1. The molecule has 0 bridgehead atoms. The number of rotatable bonds is 6. The zero-order valence-corrected chi connectivity index (χ0v) is 12.5. The molecule has 1 saturated heterocycles. The van der Waals surface area contributed by atoms with Gasteiger partial charge in [-0.2, -0.15) is 0 Å². The second kappa shape index (κ2) is 7.65. The van der Waals surface area contributed by atoms with Crippen LogP contribution < -0.4 is 19.5 Å². The number of nitrogens with one attached hydrogen (secondary N) is 1. The zero-order chi connectivity index (χ0) is 15.9. The van der Waals surface area contributed by atoms with Gasteiger partial charge in [0, 0.05) is 0 Å². The van der Waals surface area contributed by atoms with Crippen molar-refractivity contribution >= 4 is 11.9 Å². The molecule has 1 amide bonds. The highest BCUT2D eigenvalue weighted by atomic mass is 16.5. The Kier molecular flexibility index (Phi) is 5.60. The van der Waals surface area contributed by atoms with Crippen molar-refractivity contribution in [3.05, 3.63) is 24.3 Å². The van der Waals surface area contributed by atoms with E-state index in [1.165, 1.54) is 0 Å². The molecule has 0 aromatic heterocycles. The molecule has 1 aromatic carbocycles. The summed E-state index contributed by atoms with van der Waals surface area (Å²) in [5, 5.41) is 10.5. The summed E-state index contributed by atoms with van der Waals surface area (Å²) < 4.78 is 10.5. The fourth-order valence-corrected chi connectivity index (χ4v) is 2.36. The molecule has 120 valence electrons. The molecule has 0 radical (unpaired) electrons. The molecule has 0 saturated carbocycles. The number of aliphatic carboxylic acids is 1. The predicted octanol–water partition coefficient (Wildman–Crippen LogP) is -2.45. The summed E-state index contributed by atoms with van der Waals surface area (Å²) in [4.78, 5) is 25.2. The topological polar surface area (TPSA) is 83.3 Å². The van der Waals surface area contributed by atoms with Crippen molar-refractivity contribution in [2.24, 2.45) is 0 Å². The van der Waals surface area contributed by atoms with Gasteiger partial charge in [-0.1, -0.05) is 0 Å². The molecule has 1 N–H and O–H groups in total. The number of ether oxygens (including phenoxy) is 2. The number of carbonyl (C=O) groups excluding carboxylic acids is 2. The standard InChI is InChI=1S/C15H20N2O5/c1-21-12-2-4-13(5-3-12)22-11-14(18)17-8-6-16(7-9-17)10-15(19)20/h2-5H,6-11H2,1H3,(H,19,20). The normalized spacial score (nSPS) is 15.4. The van der Waals surface area contributed by atoms with Crippen LogP contribution in [0.2, 0.25) is 0 Å². The first-order valence-electron chi connectivity index (χ1n) is 7.16. The van der Waals surface area contributed by atoms with E-state index in [0.717, 1.165) is 10.6 Å². The van der Waals surface area contributed by atoms with Crippen LogP contribution in [0, 0.1) is 0 Å². The lowest BCUT2D eigenvalue weighted by molar-refractivity contribution is -0.898. The minimum Gasteiger partial charge on any atom is -0.544 e. The van der Waals surface area contributed by atoms with Crippen LogP contribution in [0.4, 0.5) is 0 Å². The molecule has 22 heavy (non-hydrogen) atoms. The van der Waals surface area contributed by atoms with Gasteiger partial charge in [0.25, 0.3) is 5.91 Å². The number of hydrogen-bond acceptors (Lipinski definition) is 5. The summed E-state index contributed by atoms with van der Waals surface area (Å²) in [5.74, 6) is 0.182. The van der Waals surface area contributed by atoms with Crippen molar-refractivity contribution in [3.8, 4) is 11.5 Å². The van der Waals surface area contributed by atoms with Gasteiger partial charge in [0.2, 0.25) is 0 Å². The Morgan fingerprint density at radius 1 is 1.18 bits per heavy atom. The third-order valence-electron chi connectivity index (χ3n) is 3.64. The zero-order valence-electron chi connectivity index (χ0n) is 12.5. The van der Waals surface area contributed by atoms with E-state index in [4.69, 9.17) is 9.47 Å². The van der Waals surface area contributed by atoms with E-state index in [0.29, 0.717) is 31.9 Å². The van der Waals surface area contributed by atoms with E-state index in [2.05, 4.69) is 0 Å². The van der Waals surface area contributed by atoms with Gasteiger partial charge in [0.1, 0.15) is 18.0 Å². The van der Waals surface area contributed by atoms with Crippen molar-refractivity contribution < 1.29 is 29.1 Å². The van der Waals surface area contributed by atoms with E-state index in [-0.39, 0.29) is 19.1 Å². The Labute approximate surface area is 129 Å². The van der Waals surface area contributed by atoms with Crippen molar-refractivity contribution in [2.75, 3.05) is 46.4 Å². The SMILES string of the molecule is COc1ccc(OCC(=O)N2CC[NH+](CC(=O)[O-])CC2)cc1. The second-order valence-electron chi connectivity index (χ2n) is 5.14. The third-order valence-corrected chi connectivity index (χ3v) is 3.64. The lowest BCUT2D eigenvalue weighted by Crippen LogP contribution is -3.16. The molecule has 1 aromatic rings. The smallest absolute Gasteiger partial charge is 0.260 e. The number of amides is 1. The Morgan fingerprint density at radius 2 is 1.77 bits per heavy atom. The Balaban J connectivity index is 1.74. The summed E-state index contributed by atoms with van der Waals surface area (Å²) in [5.41, 5.74) is 0. The Morgan fingerprint density at radius 3 is 2.32 bits per heavy atom. The van der Waals surface area contributed by atoms with Gasteiger partial charge in [-0.25, -0.2) is 0 Å². The van der Waals surface area contributed by atoms with Crippen LogP contribution in [0.25, 0.3) is 0 Å². The van der Waals surface area contributed by atoms with E-state index in [1.807, 2.05) is 0 Å². The highest BCUT2D eigenvalue weighted by Gasteiger charge is 2.23.